The third-order valence-corrected chi connectivity index (χ3v) is 4.20. The van der Waals surface area contributed by atoms with E-state index in [2.05, 4.69) is 37.1 Å². The van der Waals surface area contributed by atoms with Gasteiger partial charge in [0.2, 0.25) is 0 Å². The van der Waals surface area contributed by atoms with Gasteiger partial charge in [0.25, 0.3) is 0 Å². The topological polar surface area (TPSA) is 34.1 Å². The summed E-state index contributed by atoms with van der Waals surface area (Å²) in [6.45, 7) is 6.91. The summed E-state index contributed by atoms with van der Waals surface area (Å²) in [5.74, 6) is 0. The van der Waals surface area contributed by atoms with Crippen LogP contribution in [0.15, 0.2) is 36.7 Å². The fraction of sp³-hybridized carbons (Fsp3) is 0.353. The van der Waals surface area contributed by atoms with E-state index in [1.54, 1.807) is 0 Å². The third-order valence-electron chi connectivity index (χ3n) is 3.97. The number of halogens is 1. The minimum atomic E-state index is -0.242. The summed E-state index contributed by atoms with van der Waals surface area (Å²) in [6, 6.07) is 7.99. The summed E-state index contributed by atoms with van der Waals surface area (Å²) in [7, 11) is 0. The van der Waals surface area contributed by atoms with Gasteiger partial charge < -0.3 is 10.1 Å². The number of pyridine rings is 1. The molecule has 0 fully saturated rings. The van der Waals surface area contributed by atoms with Crippen molar-refractivity contribution in [1.29, 1.82) is 0 Å². The molecule has 1 N–H and O–H groups in total. The molecule has 1 aromatic heterocycles. The molecule has 1 aromatic carbocycles. The molecule has 0 amide bonds. The fourth-order valence-electron chi connectivity index (χ4n) is 2.84. The molecule has 0 aliphatic carbocycles. The van der Waals surface area contributed by atoms with Crippen molar-refractivity contribution in [1.82, 2.24) is 4.98 Å². The molecule has 110 valence electrons. The Morgan fingerprint density at radius 1 is 1.24 bits per heavy atom. The van der Waals surface area contributed by atoms with Gasteiger partial charge in [-0.05, 0) is 56.2 Å². The highest BCUT2D eigenvalue weighted by molar-refractivity contribution is 6.30. The first-order valence-electron chi connectivity index (χ1n) is 7.14. The smallest absolute Gasteiger partial charge is 0.0613 e. The zero-order valence-electron chi connectivity index (χ0n) is 12.5. The maximum Gasteiger partial charge on any atom is 0.0613 e. The SMILES string of the molecule is CC(C)OCC1(C)c2ccncc2Nc2ccc(Cl)cc21. The van der Waals surface area contributed by atoms with E-state index < -0.39 is 0 Å². The van der Waals surface area contributed by atoms with Gasteiger partial charge in [-0.2, -0.15) is 0 Å². The minimum absolute atomic E-state index is 0.185. The Hall–Kier alpha value is -1.58. The highest BCUT2D eigenvalue weighted by Gasteiger charge is 2.37. The molecular formula is C17H19ClN2O. The first-order valence-corrected chi connectivity index (χ1v) is 7.51. The van der Waals surface area contributed by atoms with E-state index in [1.165, 1.54) is 5.56 Å². The zero-order chi connectivity index (χ0) is 15.0. The first kappa shape index (κ1) is 14.4. The van der Waals surface area contributed by atoms with Crippen LogP contribution < -0.4 is 5.32 Å². The van der Waals surface area contributed by atoms with Crippen molar-refractivity contribution in [3.05, 3.63) is 52.8 Å². The van der Waals surface area contributed by atoms with Gasteiger partial charge in [0.05, 0.1) is 24.6 Å². The van der Waals surface area contributed by atoms with E-state index in [4.69, 9.17) is 16.3 Å². The van der Waals surface area contributed by atoms with Gasteiger partial charge in [0, 0.05) is 22.3 Å². The van der Waals surface area contributed by atoms with Crippen LogP contribution in [0.3, 0.4) is 0 Å². The Bertz CT molecular complexity index is 672. The van der Waals surface area contributed by atoms with Crippen LogP contribution in [0.2, 0.25) is 5.02 Å². The van der Waals surface area contributed by atoms with Crippen LogP contribution in [-0.2, 0) is 10.2 Å². The first-order chi connectivity index (χ1) is 10.0. The Kier molecular flexibility index (Phi) is 3.64. The molecule has 2 aromatic rings. The van der Waals surface area contributed by atoms with Crippen LogP contribution in [0.5, 0.6) is 0 Å². The maximum atomic E-state index is 6.21. The Morgan fingerprint density at radius 3 is 2.81 bits per heavy atom. The lowest BCUT2D eigenvalue weighted by Crippen LogP contribution is -2.35. The normalized spacial score (nSPS) is 19.9. The van der Waals surface area contributed by atoms with Crippen LogP contribution in [0.25, 0.3) is 0 Å². The third kappa shape index (κ3) is 2.52. The molecule has 0 spiro atoms. The van der Waals surface area contributed by atoms with Crippen LogP contribution in [0.1, 0.15) is 31.9 Å². The number of rotatable bonds is 3. The van der Waals surface area contributed by atoms with Gasteiger partial charge in [0.1, 0.15) is 0 Å². The molecule has 0 radical (unpaired) electrons. The summed E-state index contributed by atoms with van der Waals surface area (Å²) in [6.07, 6.45) is 3.87. The lowest BCUT2D eigenvalue weighted by Gasteiger charge is -2.38. The second kappa shape index (κ2) is 5.32. The molecule has 0 bridgehead atoms. The molecular weight excluding hydrogens is 284 g/mol. The number of fused-ring (bicyclic) bond motifs is 2. The molecule has 1 aliphatic heterocycles. The van der Waals surface area contributed by atoms with Crippen molar-refractivity contribution < 1.29 is 4.74 Å². The highest BCUT2D eigenvalue weighted by atomic mass is 35.5. The van der Waals surface area contributed by atoms with Crippen LogP contribution in [-0.4, -0.2) is 17.7 Å². The van der Waals surface area contributed by atoms with Crippen molar-refractivity contribution in [3.8, 4) is 0 Å². The van der Waals surface area contributed by atoms with Gasteiger partial charge in [-0.15, -0.1) is 0 Å². The lowest BCUT2D eigenvalue weighted by molar-refractivity contribution is 0.0526. The molecule has 0 saturated carbocycles. The number of benzene rings is 1. The molecule has 0 saturated heterocycles. The number of nitrogens with one attached hydrogen (secondary N) is 1. The van der Waals surface area contributed by atoms with E-state index in [0.717, 1.165) is 22.0 Å². The van der Waals surface area contributed by atoms with E-state index >= 15 is 0 Å². The maximum absolute atomic E-state index is 6.21. The number of ether oxygens (including phenoxy) is 1. The van der Waals surface area contributed by atoms with Gasteiger partial charge in [-0.1, -0.05) is 11.6 Å². The largest absolute Gasteiger partial charge is 0.378 e. The summed E-state index contributed by atoms with van der Waals surface area (Å²) >= 11 is 6.21. The number of aromatic nitrogens is 1. The van der Waals surface area contributed by atoms with Crippen molar-refractivity contribution in [2.24, 2.45) is 0 Å². The molecule has 1 unspecified atom stereocenters. The highest BCUT2D eigenvalue weighted by Crippen LogP contribution is 2.46. The number of hydrogen-bond acceptors (Lipinski definition) is 3. The Labute approximate surface area is 130 Å². The van der Waals surface area contributed by atoms with Crippen molar-refractivity contribution in [2.45, 2.75) is 32.3 Å². The van der Waals surface area contributed by atoms with Gasteiger partial charge in [-0.3, -0.25) is 4.98 Å². The lowest BCUT2D eigenvalue weighted by atomic mass is 9.73. The van der Waals surface area contributed by atoms with Crippen LogP contribution in [0, 0.1) is 0 Å². The predicted molar refractivity (Wildman–Crippen MR) is 86.5 cm³/mol. The number of hydrogen-bond donors (Lipinski definition) is 1. The summed E-state index contributed by atoms with van der Waals surface area (Å²) in [5, 5.41) is 4.17. The van der Waals surface area contributed by atoms with E-state index in [-0.39, 0.29) is 11.5 Å². The minimum Gasteiger partial charge on any atom is -0.378 e. The predicted octanol–water partition coefficient (Wildman–Crippen LogP) is 4.52. The zero-order valence-corrected chi connectivity index (χ0v) is 13.2. The van der Waals surface area contributed by atoms with Gasteiger partial charge >= 0.3 is 0 Å². The van der Waals surface area contributed by atoms with Crippen molar-refractivity contribution in [2.75, 3.05) is 11.9 Å². The van der Waals surface area contributed by atoms with Crippen molar-refractivity contribution in [3.63, 3.8) is 0 Å². The van der Waals surface area contributed by atoms with Crippen LogP contribution in [0.4, 0.5) is 11.4 Å². The Balaban J connectivity index is 2.14. The summed E-state index contributed by atoms with van der Waals surface area (Å²) < 4.78 is 5.95. The van der Waals surface area contributed by atoms with Crippen molar-refractivity contribution >= 4 is 23.0 Å². The summed E-state index contributed by atoms with van der Waals surface area (Å²) in [5.41, 5.74) is 4.20. The Morgan fingerprint density at radius 2 is 2.05 bits per heavy atom. The second-order valence-corrected chi connectivity index (χ2v) is 6.36. The molecule has 3 nitrogen and oxygen atoms in total. The average Bonchev–Trinajstić information content (AvgIpc) is 2.47. The summed E-state index contributed by atoms with van der Waals surface area (Å²) in [4.78, 5) is 4.22. The van der Waals surface area contributed by atoms with Gasteiger partial charge in [0.15, 0.2) is 0 Å². The molecule has 2 heterocycles. The van der Waals surface area contributed by atoms with E-state index in [9.17, 15) is 0 Å². The van der Waals surface area contributed by atoms with E-state index in [1.807, 2.05) is 30.6 Å². The fourth-order valence-corrected chi connectivity index (χ4v) is 3.01. The standard InChI is InChI=1S/C17H19ClN2O/c1-11(2)21-10-17(3)13-6-7-19-9-16(13)20-15-5-4-12(18)8-14(15)17/h4-9,11,20H,10H2,1-3H3. The molecule has 4 heteroatoms. The number of anilines is 2. The second-order valence-electron chi connectivity index (χ2n) is 5.93. The number of nitrogens with zero attached hydrogens (tertiary/aromatic N) is 1. The van der Waals surface area contributed by atoms with Gasteiger partial charge in [-0.25, -0.2) is 0 Å². The molecule has 1 aliphatic rings. The molecule has 3 rings (SSSR count). The molecule has 1 atom stereocenters. The quantitative estimate of drug-likeness (QED) is 0.905. The van der Waals surface area contributed by atoms with Crippen LogP contribution >= 0.6 is 11.6 Å². The van der Waals surface area contributed by atoms with E-state index in [0.29, 0.717) is 6.61 Å². The average molecular weight is 303 g/mol. The monoisotopic (exact) mass is 302 g/mol. The molecule has 21 heavy (non-hydrogen) atoms.